The Labute approximate surface area is 134 Å². The summed E-state index contributed by atoms with van der Waals surface area (Å²) in [6.07, 6.45) is 0.139. The Bertz CT molecular complexity index is 676. The van der Waals surface area contributed by atoms with E-state index in [2.05, 4.69) is 17.0 Å². The number of ether oxygens (including phenoxy) is 2. The van der Waals surface area contributed by atoms with Gasteiger partial charge in [-0.25, -0.2) is 0 Å². The topological polar surface area (TPSA) is 65.5 Å². The fourth-order valence-corrected chi connectivity index (χ4v) is 2.74. The summed E-state index contributed by atoms with van der Waals surface area (Å²) >= 11 is 6.20. The number of aromatic nitrogens is 2. The van der Waals surface area contributed by atoms with Gasteiger partial charge in [-0.2, -0.15) is 5.10 Å². The van der Waals surface area contributed by atoms with Crippen molar-refractivity contribution in [1.29, 1.82) is 0 Å². The van der Waals surface area contributed by atoms with Crippen LogP contribution in [0.1, 0.15) is 0 Å². The molecule has 1 fully saturated rings. The molecular formula is C15H19ClN4O2. The van der Waals surface area contributed by atoms with E-state index in [1.165, 1.54) is 0 Å². The lowest BCUT2D eigenvalue weighted by Crippen LogP contribution is -2.51. The number of hydrogen-bond acceptors (Lipinski definition) is 5. The maximum atomic E-state index is 6.20. The molecule has 6 nitrogen and oxygen atoms in total. The summed E-state index contributed by atoms with van der Waals surface area (Å²) in [6.45, 7) is 1.77. The zero-order chi connectivity index (χ0) is 15.9. The zero-order valence-corrected chi connectivity index (χ0v) is 13.6. The van der Waals surface area contributed by atoms with Crippen molar-refractivity contribution in [2.45, 2.75) is 6.10 Å². The predicted molar refractivity (Wildman–Crippen MR) is 86.5 cm³/mol. The van der Waals surface area contributed by atoms with Crippen LogP contribution in [0.3, 0.4) is 0 Å². The van der Waals surface area contributed by atoms with E-state index in [0.29, 0.717) is 28.0 Å². The molecule has 118 valence electrons. The molecule has 7 heteroatoms. The van der Waals surface area contributed by atoms with Crippen molar-refractivity contribution < 1.29 is 9.47 Å². The Morgan fingerprint density at radius 1 is 1.27 bits per heavy atom. The first-order valence-electron chi connectivity index (χ1n) is 7.00. The van der Waals surface area contributed by atoms with Gasteiger partial charge in [-0.1, -0.05) is 11.6 Å². The van der Waals surface area contributed by atoms with Crippen LogP contribution in [0.2, 0.25) is 5.02 Å². The number of nitrogens with zero attached hydrogens (tertiary/aromatic N) is 3. The minimum absolute atomic E-state index is 0.139. The van der Waals surface area contributed by atoms with Crippen LogP contribution in [0.5, 0.6) is 11.5 Å². The van der Waals surface area contributed by atoms with Crippen LogP contribution in [0.15, 0.2) is 18.2 Å². The second-order valence-electron chi connectivity index (χ2n) is 5.52. The molecule has 1 aliphatic heterocycles. The molecule has 2 heterocycles. The van der Waals surface area contributed by atoms with Crippen LogP contribution in [0.25, 0.3) is 11.3 Å². The third-order valence-electron chi connectivity index (χ3n) is 3.75. The quantitative estimate of drug-likeness (QED) is 0.933. The fourth-order valence-electron chi connectivity index (χ4n) is 2.53. The van der Waals surface area contributed by atoms with E-state index in [-0.39, 0.29) is 6.10 Å². The summed E-state index contributed by atoms with van der Waals surface area (Å²) < 4.78 is 13.2. The van der Waals surface area contributed by atoms with Gasteiger partial charge >= 0.3 is 0 Å². The number of halogens is 1. The van der Waals surface area contributed by atoms with Crippen LogP contribution < -0.4 is 15.2 Å². The number of likely N-dealkylation sites (tertiary alicyclic amines) is 1. The molecule has 0 spiro atoms. The number of nitrogen functional groups attached to an aromatic ring is 1. The Morgan fingerprint density at radius 3 is 2.55 bits per heavy atom. The van der Waals surface area contributed by atoms with Crippen LogP contribution in [-0.2, 0) is 7.05 Å². The highest BCUT2D eigenvalue weighted by molar-refractivity contribution is 6.31. The Balaban J connectivity index is 2.04. The van der Waals surface area contributed by atoms with Gasteiger partial charge in [0, 0.05) is 42.9 Å². The van der Waals surface area contributed by atoms with E-state index in [1.54, 1.807) is 31.0 Å². The number of methoxy groups -OCH3 is 1. The molecule has 3 rings (SSSR count). The van der Waals surface area contributed by atoms with Crippen molar-refractivity contribution >= 4 is 17.4 Å². The number of hydrogen-bond donors (Lipinski definition) is 1. The van der Waals surface area contributed by atoms with Gasteiger partial charge in [0.05, 0.1) is 12.8 Å². The van der Waals surface area contributed by atoms with Crippen molar-refractivity contribution in [1.82, 2.24) is 14.7 Å². The summed E-state index contributed by atoms with van der Waals surface area (Å²) in [5, 5.41) is 4.97. The molecular weight excluding hydrogens is 304 g/mol. The maximum Gasteiger partial charge on any atom is 0.171 e. The summed E-state index contributed by atoms with van der Waals surface area (Å²) in [5.41, 5.74) is 7.38. The number of anilines is 1. The van der Waals surface area contributed by atoms with Gasteiger partial charge in [-0.05, 0) is 13.1 Å². The van der Waals surface area contributed by atoms with E-state index < -0.39 is 0 Å². The second-order valence-corrected chi connectivity index (χ2v) is 5.96. The molecule has 1 aromatic carbocycles. The van der Waals surface area contributed by atoms with Gasteiger partial charge in [0.25, 0.3) is 0 Å². The summed E-state index contributed by atoms with van der Waals surface area (Å²) in [4.78, 5) is 2.19. The summed E-state index contributed by atoms with van der Waals surface area (Å²) in [6, 6.07) is 5.36. The van der Waals surface area contributed by atoms with Crippen molar-refractivity contribution in [3.05, 3.63) is 23.2 Å². The third-order valence-corrected chi connectivity index (χ3v) is 3.96. The normalized spacial score (nSPS) is 15.6. The Kier molecular flexibility index (Phi) is 3.88. The van der Waals surface area contributed by atoms with Crippen LogP contribution in [0.4, 0.5) is 5.82 Å². The molecule has 0 atom stereocenters. The van der Waals surface area contributed by atoms with Crippen LogP contribution >= 0.6 is 11.6 Å². The zero-order valence-electron chi connectivity index (χ0n) is 12.8. The number of benzene rings is 1. The average Bonchev–Trinajstić information content (AvgIpc) is 2.78. The molecule has 1 aromatic heterocycles. The molecule has 1 saturated heterocycles. The Hall–Kier alpha value is -1.92. The first-order chi connectivity index (χ1) is 10.5. The third kappa shape index (κ3) is 2.71. The molecule has 2 N–H and O–H groups in total. The molecule has 1 aliphatic rings. The van der Waals surface area contributed by atoms with Crippen molar-refractivity contribution in [2.75, 3.05) is 33.0 Å². The molecule has 0 bridgehead atoms. The second kappa shape index (κ2) is 5.70. The van der Waals surface area contributed by atoms with Gasteiger partial charge in [0.1, 0.15) is 11.9 Å². The monoisotopic (exact) mass is 322 g/mol. The minimum Gasteiger partial charge on any atom is -0.493 e. The van der Waals surface area contributed by atoms with E-state index in [0.717, 1.165) is 18.7 Å². The standard InChI is InChI=1S/C15H19ClN4O2/c1-19-7-10(8-19)22-15-11(4-9(16)5-13(15)21-3)12-6-14(17)20(2)18-12/h4-6,10H,7-8,17H2,1-3H3. The van der Waals surface area contributed by atoms with Crippen molar-refractivity contribution in [2.24, 2.45) is 7.05 Å². The summed E-state index contributed by atoms with van der Waals surface area (Å²) in [7, 11) is 5.45. The lowest BCUT2D eigenvalue weighted by molar-refractivity contribution is 0.0374. The van der Waals surface area contributed by atoms with E-state index in [1.807, 2.05) is 6.07 Å². The molecule has 0 unspecified atom stereocenters. The van der Waals surface area contributed by atoms with Crippen molar-refractivity contribution in [3.63, 3.8) is 0 Å². The van der Waals surface area contributed by atoms with Gasteiger partial charge in [0.2, 0.25) is 0 Å². The molecule has 0 radical (unpaired) electrons. The lowest BCUT2D eigenvalue weighted by atomic mass is 10.1. The van der Waals surface area contributed by atoms with Gasteiger partial charge in [-0.15, -0.1) is 0 Å². The highest BCUT2D eigenvalue weighted by Crippen LogP contribution is 2.41. The maximum absolute atomic E-state index is 6.20. The van der Waals surface area contributed by atoms with E-state index in [4.69, 9.17) is 26.8 Å². The van der Waals surface area contributed by atoms with Gasteiger partial charge in [0.15, 0.2) is 11.5 Å². The number of nitrogens with two attached hydrogens (primary N) is 1. The lowest BCUT2D eigenvalue weighted by Gasteiger charge is -2.36. The molecule has 22 heavy (non-hydrogen) atoms. The average molecular weight is 323 g/mol. The molecule has 0 saturated carbocycles. The van der Waals surface area contributed by atoms with Gasteiger partial charge in [-0.3, -0.25) is 9.58 Å². The number of likely N-dealkylation sites (N-methyl/N-ethyl adjacent to an activating group) is 1. The minimum atomic E-state index is 0.139. The summed E-state index contributed by atoms with van der Waals surface area (Å²) in [5.74, 6) is 1.83. The first kappa shape index (κ1) is 15.0. The predicted octanol–water partition coefficient (Wildman–Crippen LogP) is 2.02. The molecule has 0 aliphatic carbocycles. The SMILES string of the molecule is COc1cc(Cl)cc(-c2cc(N)n(C)n2)c1OC1CN(C)C1. The van der Waals surface area contributed by atoms with Crippen LogP contribution in [-0.4, -0.2) is 48.0 Å². The largest absolute Gasteiger partial charge is 0.493 e. The molecule has 0 amide bonds. The molecule has 2 aromatic rings. The highest BCUT2D eigenvalue weighted by atomic mass is 35.5. The smallest absolute Gasteiger partial charge is 0.171 e. The fraction of sp³-hybridized carbons (Fsp3) is 0.400. The number of rotatable bonds is 4. The van der Waals surface area contributed by atoms with Gasteiger partial charge < -0.3 is 15.2 Å². The van der Waals surface area contributed by atoms with Crippen molar-refractivity contribution in [3.8, 4) is 22.8 Å². The first-order valence-corrected chi connectivity index (χ1v) is 7.38. The van der Waals surface area contributed by atoms with E-state index >= 15 is 0 Å². The number of aryl methyl sites for hydroxylation is 1. The van der Waals surface area contributed by atoms with E-state index in [9.17, 15) is 0 Å². The van der Waals surface area contributed by atoms with Crippen LogP contribution in [0, 0.1) is 0 Å². The highest BCUT2D eigenvalue weighted by Gasteiger charge is 2.28. The Morgan fingerprint density at radius 2 is 2.00 bits per heavy atom.